The molecule has 0 aliphatic carbocycles. The van der Waals surface area contributed by atoms with Gasteiger partial charge in [0.05, 0.1) is 4.88 Å². The van der Waals surface area contributed by atoms with Crippen molar-refractivity contribution in [3.8, 4) is 0 Å². The Morgan fingerprint density at radius 3 is 2.75 bits per heavy atom. The van der Waals surface area contributed by atoms with Crippen LogP contribution in [0.5, 0.6) is 0 Å². The van der Waals surface area contributed by atoms with E-state index in [2.05, 4.69) is 15.9 Å². The van der Waals surface area contributed by atoms with E-state index < -0.39 is 18.6 Å². The molecule has 2 rings (SSSR count). The molecule has 2 heterocycles. The number of thiophene rings is 1. The molecule has 1 amide bonds. The highest BCUT2D eigenvalue weighted by molar-refractivity contribution is 9.10. The van der Waals surface area contributed by atoms with Gasteiger partial charge in [-0.2, -0.15) is 13.2 Å². The number of halogens is 4. The third-order valence-electron chi connectivity index (χ3n) is 2.48. The monoisotopic (exact) mass is 368 g/mol. The predicted molar refractivity (Wildman–Crippen MR) is 73.2 cm³/mol. The summed E-state index contributed by atoms with van der Waals surface area (Å²) < 4.78 is 38.4. The number of alkyl halides is 3. The number of carbonyl (C=O) groups excluding carboxylic acids is 1. The highest BCUT2D eigenvalue weighted by Crippen LogP contribution is 2.28. The van der Waals surface area contributed by atoms with Gasteiger partial charge in [-0.3, -0.25) is 9.59 Å². The first-order valence-electron chi connectivity index (χ1n) is 5.32. The lowest BCUT2D eigenvalue weighted by atomic mass is 10.3. The van der Waals surface area contributed by atoms with Gasteiger partial charge in [-0.25, -0.2) is 0 Å². The zero-order valence-corrected chi connectivity index (χ0v) is 12.4. The summed E-state index contributed by atoms with van der Waals surface area (Å²) in [6.45, 7) is -1.40. The molecule has 0 aliphatic rings. The molecule has 4 nitrogen and oxygen atoms in total. The van der Waals surface area contributed by atoms with Crippen molar-refractivity contribution in [1.29, 1.82) is 0 Å². The minimum absolute atomic E-state index is 0.0632. The summed E-state index contributed by atoms with van der Waals surface area (Å²) in [5.41, 5.74) is -0.303. The largest absolute Gasteiger partial charge is 0.405 e. The Labute approximate surface area is 123 Å². The van der Waals surface area contributed by atoms with Gasteiger partial charge in [0.1, 0.15) is 11.2 Å². The molecule has 108 valence electrons. The number of nitrogens with one attached hydrogen (secondary N) is 1. The van der Waals surface area contributed by atoms with Crippen LogP contribution in [0.25, 0.3) is 10.1 Å². The average molecular weight is 369 g/mol. The average Bonchev–Trinajstić information content (AvgIpc) is 2.78. The Balaban J connectivity index is 2.38. The number of aryl methyl sites for hydroxylation is 1. The quantitative estimate of drug-likeness (QED) is 0.885. The number of pyridine rings is 1. The first-order valence-corrected chi connectivity index (χ1v) is 6.93. The molecule has 0 aromatic carbocycles. The maximum absolute atomic E-state index is 12.0. The van der Waals surface area contributed by atoms with Crippen LogP contribution in [0.4, 0.5) is 13.2 Å². The number of carbonyl (C=O) groups is 1. The Kier molecular flexibility index (Phi) is 3.92. The number of fused-ring (bicyclic) bond motifs is 1. The number of aromatic nitrogens is 1. The highest BCUT2D eigenvalue weighted by atomic mass is 79.9. The fourth-order valence-electron chi connectivity index (χ4n) is 1.57. The van der Waals surface area contributed by atoms with Crippen LogP contribution in [0.1, 0.15) is 9.67 Å². The van der Waals surface area contributed by atoms with E-state index in [1.54, 1.807) is 12.4 Å². The van der Waals surface area contributed by atoms with Gasteiger partial charge in [0, 0.05) is 23.1 Å². The number of hydrogen-bond acceptors (Lipinski definition) is 3. The minimum atomic E-state index is -4.47. The molecule has 2 aromatic rings. The lowest BCUT2D eigenvalue weighted by Gasteiger charge is -2.06. The van der Waals surface area contributed by atoms with Crippen molar-refractivity contribution < 1.29 is 18.0 Å². The number of hydrogen-bond donors (Lipinski definition) is 1. The van der Waals surface area contributed by atoms with Gasteiger partial charge in [-0.15, -0.1) is 11.3 Å². The van der Waals surface area contributed by atoms with Crippen LogP contribution in [0.15, 0.2) is 21.5 Å². The third kappa shape index (κ3) is 3.04. The van der Waals surface area contributed by atoms with Crippen molar-refractivity contribution in [2.45, 2.75) is 6.18 Å². The molecule has 0 bridgehead atoms. The van der Waals surface area contributed by atoms with E-state index in [1.165, 1.54) is 16.8 Å². The summed E-state index contributed by atoms with van der Waals surface area (Å²) in [6, 6.07) is 1.40. The van der Waals surface area contributed by atoms with Crippen LogP contribution in [0, 0.1) is 0 Å². The zero-order valence-electron chi connectivity index (χ0n) is 10.0. The summed E-state index contributed by atoms with van der Waals surface area (Å²) in [6.07, 6.45) is -2.93. The van der Waals surface area contributed by atoms with E-state index in [-0.39, 0.29) is 10.4 Å². The van der Waals surface area contributed by atoms with Gasteiger partial charge in [0.2, 0.25) is 0 Å². The summed E-state index contributed by atoms with van der Waals surface area (Å²) >= 11 is 4.12. The molecule has 0 spiro atoms. The van der Waals surface area contributed by atoms with Crippen molar-refractivity contribution in [2.24, 2.45) is 7.05 Å². The van der Waals surface area contributed by atoms with E-state index in [4.69, 9.17) is 0 Å². The second kappa shape index (κ2) is 5.21. The summed E-state index contributed by atoms with van der Waals surface area (Å²) in [7, 11) is 1.55. The van der Waals surface area contributed by atoms with Crippen LogP contribution >= 0.6 is 27.3 Å². The van der Waals surface area contributed by atoms with Crippen LogP contribution in [0.2, 0.25) is 0 Å². The Hall–Kier alpha value is -1.35. The molecule has 1 N–H and O–H groups in total. The molecule has 9 heteroatoms. The Morgan fingerprint density at radius 2 is 2.15 bits per heavy atom. The van der Waals surface area contributed by atoms with E-state index >= 15 is 0 Å². The van der Waals surface area contributed by atoms with Gasteiger partial charge >= 0.3 is 6.18 Å². The molecule has 0 unspecified atom stereocenters. The molecule has 0 atom stereocenters. The first-order chi connectivity index (χ1) is 9.19. The minimum Gasteiger partial charge on any atom is -0.342 e. The topological polar surface area (TPSA) is 51.1 Å². The lowest BCUT2D eigenvalue weighted by Crippen LogP contribution is -2.33. The van der Waals surface area contributed by atoms with Crippen molar-refractivity contribution >= 4 is 43.3 Å². The number of amides is 1. The fourth-order valence-corrected chi connectivity index (χ4v) is 3.39. The lowest BCUT2D eigenvalue weighted by molar-refractivity contribution is -0.123. The Morgan fingerprint density at radius 1 is 1.50 bits per heavy atom. The van der Waals surface area contributed by atoms with Crippen molar-refractivity contribution in [2.75, 3.05) is 6.54 Å². The second-order valence-corrected chi connectivity index (χ2v) is 5.95. The molecular weight excluding hydrogens is 361 g/mol. The van der Waals surface area contributed by atoms with Gasteiger partial charge in [-0.05, 0) is 22.0 Å². The molecular formula is C11H8BrF3N2O2S. The third-order valence-corrected chi connectivity index (χ3v) is 4.24. The molecule has 0 radical (unpaired) electrons. The van der Waals surface area contributed by atoms with Crippen LogP contribution in [-0.2, 0) is 7.05 Å². The summed E-state index contributed by atoms with van der Waals surface area (Å²) in [5.74, 6) is -0.850. The van der Waals surface area contributed by atoms with E-state index in [1.807, 2.05) is 0 Å². The van der Waals surface area contributed by atoms with E-state index in [0.29, 0.717) is 14.6 Å². The SMILES string of the molecule is Cn1cc(Br)c2cc(C(=O)NCC(F)(F)F)sc2c1=O. The maximum Gasteiger partial charge on any atom is 0.405 e. The van der Waals surface area contributed by atoms with Crippen LogP contribution in [0.3, 0.4) is 0 Å². The fraction of sp³-hybridized carbons (Fsp3) is 0.273. The zero-order chi connectivity index (χ0) is 15.1. The summed E-state index contributed by atoms with van der Waals surface area (Å²) in [5, 5.41) is 2.29. The standard InChI is InChI=1S/C11H8BrF3N2O2S/c1-17-3-6(12)5-2-7(20-8(5)10(17)19)9(18)16-4-11(13,14)15/h2-3H,4H2,1H3,(H,16,18). The Bertz CT molecular complexity index is 736. The van der Waals surface area contributed by atoms with Crippen LogP contribution < -0.4 is 10.9 Å². The molecule has 0 saturated carbocycles. The second-order valence-electron chi connectivity index (χ2n) is 4.04. The highest BCUT2D eigenvalue weighted by Gasteiger charge is 2.28. The normalized spacial score (nSPS) is 11.8. The number of rotatable bonds is 2. The van der Waals surface area contributed by atoms with E-state index in [9.17, 15) is 22.8 Å². The van der Waals surface area contributed by atoms with Crippen molar-refractivity contribution in [3.63, 3.8) is 0 Å². The first kappa shape index (κ1) is 15.0. The number of nitrogens with zero attached hydrogens (tertiary/aromatic N) is 1. The van der Waals surface area contributed by atoms with Gasteiger partial charge < -0.3 is 9.88 Å². The van der Waals surface area contributed by atoms with Crippen LogP contribution in [-0.4, -0.2) is 23.2 Å². The summed E-state index contributed by atoms with van der Waals surface area (Å²) in [4.78, 5) is 23.6. The molecule has 20 heavy (non-hydrogen) atoms. The van der Waals surface area contributed by atoms with Crippen molar-refractivity contribution in [3.05, 3.63) is 32.0 Å². The molecule has 0 fully saturated rings. The smallest absolute Gasteiger partial charge is 0.342 e. The van der Waals surface area contributed by atoms with Crippen molar-refractivity contribution in [1.82, 2.24) is 9.88 Å². The van der Waals surface area contributed by atoms with E-state index in [0.717, 1.165) is 11.3 Å². The maximum atomic E-state index is 12.0. The van der Waals surface area contributed by atoms with Gasteiger partial charge in [0.25, 0.3) is 11.5 Å². The van der Waals surface area contributed by atoms with Gasteiger partial charge in [-0.1, -0.05) is 0 Å². The molecule has 0 aliphatic heterocycles. The van der Waals surface area contributed by atoms with Gasteiger partial charge in [0.15, 0.2) is 0 Å². The predicted octanol–water partition coefficient (Wildman–Crippen LogP) is 2.65. The molecule has 0 saturated heterocycles. The molecule has 2 aromatic heterocycles.